The van der Waals surface area contributed by atoms with Gasteiger partial charge in [-0.05, 0) is 30.5 Å². The van der Waals surface area contributed by atoms with Gasteiger partial charge in [-0.15, -0.1) is 11.3 Å². The molecule has 2 aromatic rings. The van der Waals surface area contributed by atoms with E-state index in [4.69, 9.17) is 9.84 Å². The van der Waals surface area contributed by atoms with Crippen molar-refractivity contribution in [2.45, 2.75) is 43.9 Å². The molecule has 1 aliphatic carbocycles. The highest BCUT2D eigenvalue weighted by Gasteiger charge is 2.38. The van der Waals surface area contributed by atoms with E-state index in [0.29, 0.717) is 5.69 Å². The maximum atomic E-state index is 10.9. The van der Waals surface area contributed by atoms with E-state index in [0.717, 1.165) is 23.6 Å². The Morgan fingerprint density at radius 1 is 1.26 bits per heavy atom. The number of hydrogen-bond acceptors (Lipinski definition) is 4. The minimum absolute atomic E-state index is 0.00477. The molecule has 1 aromatic heterocycles. The molecule has 0 spiro atoms. The number of carboxylic acid groups (broad SMARTS) is 1. The van der Waals surface area contributed by atoms with Crippen LogP contribution < -0.4 is 4.74 Å². The first-order valence-electron chi connectivity index (χ1n) is 7.95. The van der Waals surface area contributed by atoms with Gasteiger partial charge in [-0.1, -0.05) is 31.4 Å². The van der Waals surface area contributed by atoms with Crippen molar-refractivity contribution in [2.75, 3.05) is 7.11 Å². The van der Waals surface area contributed by atoms with Gasteiger partial charge in [-0.3, -0.25) is 4.79 Å². The van der Waals surface area contributed by atoms with Gasteiger partial charge in [0, 0.05) is 10.8 Å². The zero-order valence-electron chi connectivity index (χ0n) is 13.2. The van der Waals surface area contributed by atoms with E-state index in [1.807, 2.05) is 17.5 Å². The molecule has 1 saturated carbocycles. The van der Waals surface area contributed by atoms with Gasteiger partial charge in [0.15, 0.2) is 0 Å². The van der Waals surface area contributed by atoms with E-state index in [2.05, 4.69) is 17.1 Å². The third kappa shape index (κ3) is 3.24. The molecule has 23 heavy (non-hydrogen) atoms. The van der Waals surface area contributed by atoms with Gasteiger partial charge >= 0.3 is 5.97 Å². The lowest BCUT2D eigenvalue weighted by Gasteiger charge is -2.36. The lowest BCUT2D eigenvalue weighted by atomic mass is 9.70. The number of benzene rings is 1. The van der Waals surface area contributed by atoms with Crippen LogP contribution in [0.3, 0.4) is 0 Å². The maximum Gasteiger partial charge on any atom is 0.309 e. The molecular formula is C18H21NO3S. The first-order chi connectivity index (χ1) is 11.1. The average molecular weight is 331 g/mol. The van der Waals surface area contributed by atoms with E-state index in [-0.39, 0.29) is 11.8 Å². The molecule has 0 unspecified atom stereocenters. The summed E-state index contributed by atoms with van der Waals surface area (Å²) < 4.78 is 5.26. The van der Waals surface area contributed by atoms with Crippen LogP contribution in [0.25, 0.3) is 0 Å². The number of hydrogen-bond donors (Lipinski definition) is 1. The molecule has 1 heterocycles. The summed E-state index contributed by atoms with van der Waals surface area (Å²) in [5, 5.41) is 11.9. The Morgan fingerprint density at radius 2 is 1.96 bits per heavy atom. The molecule has 0 saturated heterocycles. The van der Waals surface area contributed by atoms with Gasteiger partial charge in [0.25, 0.3) is 0 Å². The van der Waals surface area contributed by atoms with Crippen LogP contribution in [-0.2, 0) is 16.6 Å². The summed E-state index contributed by atoms with van der Waals surface area (Å²) in [6.45, 7) is 0. The topological polar surface area (TPSA) is 59.4 Å². The van der Waals surface area contributed by atoms with E-state index in [9.17, 15) is 4.79 Å². The second-order valence-electron chi connectivity index (χ2n) is 6.09. The summed E-state index contributed by atoms with van der Waals surface area (Å²) in [7, 11) is 1.67. The van der Waals surface area contributed by atoms with E-state index in [1.165, 1.54) is 24.8 Å². The normalized spacial score (nSPS) is 16.9. The number of thiazole rings is 1. The number of nitrogens with zero attached hydrogens (tertiary/aromatic N) is 1. The molecule has 1 N–H and O–H groups in total. The van der Waals surface area contributed by atoms with Crippen molar-refractivity contribution in [1.82, 2.24) is 4.98 Å². The number of ether oxygens (including phenoxy) is 1. The van der Waals surface area contributed by atoms with Crippen LogP contribution in [0.1, 0.15) is 48.4 Å². The highest BCUT2D eigenvalue weighted by Crippen LogP contribution is 2.46. The predicted molar refractivity (Wildman–Crippen MR) is 90.3 cm³/mol. The van der Waals surface area contributed by atoms with Crippen LogP contribution in [0.2, 0.25) is 0 Å². The first-order valence-corrected chi connectivity index (χ1v) is 8.83. The number of rotatable bonds is 5. The summed E-state index contributed by atoms with van der Waals surface area (Å²) >= 11 is 1.60. The monoisotopic (exact) mass is 331 g/mol. The molecule has 0 bridgehead atoms. The second kappa shape index (κ2) is 6.71. The van der Waals surface area contributed by atoms with Crippen molar-refractivity contribution >= 4 is 17.3 Å². The van der Waals surface area contributed by atoms with Crippen molar-refractivity contribution in [3.8, 4) is 5.75 Å². The standard InChI is InChI=1S/C18H21NO3S/c1-22-15-7-5-13(6-8-15)18(9-3-2-4-10-18)17-19-14(12-23-17)11-16(20)21/h5-8,12H,2-4,9-11H2,1H3,(H,20,21). The molecule has 1 aromatic carbocycles. The van der Waals surface area contributed by atoms with Crippen LogP contribution >= 0.6 is 11.3 Å². The number of carbonyl (C=O) groups is 1. The summed E-state index contributed by atoms with van der Waals surface area (Å²) in [5.74, 6) is 0.0226. The fourth-order valence-electron chi connectivity index (χ4n) is 3.45. The third-order valence-electron chi connectivity index (χ3n) is 4.64. The molecule has 0 atom stereocenters. The van der Waals surface area contributed by atoms with Crippen molar-refractivity contribution in [2.24, 2.45) is 0 Å². The quantitative estimate of drug-likeness (QED) is 0.898. The molecule has 1 fully saturated rings. The SMILES string of the molecule is COc1ccc(C2(c3nc(CC(=O)O)cs3)CCCCC2)cc1. The Labute approximate surface area is 140 Å². The molecule has 0 aliphatic heterocycles. The summed E-state index contributed by atoms with van der Waals surface area (Å²) in [6.07, 6.45) is 5.75. The van der Waals surface area contributed by atoms with Gasteiger partial charge in [0.05, 0.1) is 19.2 Å². The summed E-state index contributed by atoms with van der Waals surface area (Å²) in [5.41, 5.74) is 1.84. The maximum absolute atomic E-state index is 10.9. The summed E-state index contributed by atoms with van der Waals surface area (Å²) in [4.78, 5) is 15.6. The lowest BCUT2D eigenvalue weighted by molar-refractivity contribution is -0.136. The van der Waals surface area contributed by atoms with E-state index >= 15 is 0 Å². The third-order valence-corrected chi connectivity index (χ3v) is 5.74. The molecule has 3 rings (SSSR count). The number of methoxy groups -OCH3 is 1. The second-order valence-corrected chi connectivity index (χ2v) is 6.94. The lowest BCUT2D eigenvalue weighted by Crippen LogP contribution is -2.30. The Bertz CT molecular complexity index is 672. The number of aromatic nitrogens is 1. The van der Waals surface area contributed by atoms with Crippen molar-refractivity contribution < 1.29 is 14.6 Å². The molecule has 0 amide bonds. The highest BCUT2D eigenvalue weighted by molar-refractivity contribution is 7.09. The zero-order chi connectivity index (χ0) is 16.3. The van der Waals surface area contributed by atoms with Gasteiger partial charge in [-0.25, -0.2) is 4.98 Å². The minimum atomic E-state index is -0.830. The van der Waals surface area contributed by atoms with Crippen LogP contribution in [-0.4, -0.2) is 23.2 Å². The number of carboxylic acids is 1. The van der Waals surface area contributed by atoms with Gasteiger partial charge in [0.2, 0.25) is 0 Å². The fraction of sp³-hybridized carbons (Fsp3) is 0.444. The Morgan fingerprint density at radius 3 is 2.57 bits per heavy atom. The van der Waals surface area contributed by atoms with E-state index in [1.54, 1.807) is 18.4 Å². The van der Waals surface area contributed by atoms with Gasteiger partial charge in [0.1, 0.15) is 10.8 Å². The first kappa shape index (κ1) is 16.0. The molecule has 1 aliphatic rings. The highest BCUT2D eigenvalue weighted by atomic mass is 32.1. The molecule has 4 nitrogen and oxygen atoms in total. The fourth-order valence-corrected chi connectivity index (χ4v) is 4.56. The van der Waals surface area contributed by atoms with Crippen LogP contribution in [0.4, 0.5) is 0 Å². The molecular weight excluding hydrogens is 310 g/mol. The minimum Gasteiger partial charge on any atom is -0.497 e. The Hall–Kier alpha value is -1.88. The van der Waals surface area contributed by atoms with Crippen LogP contribution in [0.15, 0.2) is 29.6 Å². The van der Waals surface area contributed by atoms with Crippen molar-refractivity contribution in [3.63, 3.8) is 0 Å². The average Bonchev–Trinajstić information content (AvgIpc) is 3.04. The van der Waals surface area contributed by atoms with Crippen LogP contribution in [0, 0.1) is 0 Å². The zero-order valence-corrected chi connectivity index (χ0v) is 14.1. The predicted octanol–water partition coefficient (Wildman–Crippen LogP) is 4.03. The number of aliphatic carboxylic acids is 1. The van der Waals surface area contributed by atoms with Crippen molar-refractivity contribution in [3.05, 3.63) is 45.9 Å². The Balaban J connectivity index is 1.98. The molecule has 0 radical (unpaired) electrons. The smallest absolute Gasteiger partial charge is 0.309 e. The summed E-state index contributed by atoms with van der Waals surface area (Å²) in [6, 6.07) is 8.25. The van der Waals surface area contributed by atoms with Crippen LogP contribution in [0.5, 0.6) is 5.75 Å². The Kier molecular flexibility index (Phi) is 4.66. The molecule has 5 heteroatoms. The van der Waals surface area contributed by atoms with E-state index < -0.39 is 5.97 Å². The van der Waals surface area contributed by atoms with Crippen molar-refractivity contribution in [1.29, 1.82) is 0 Å². The molecule has 122 valence electrons. The van der Waals surface area contributed by atoms with Gasteiger partial charge < -0.3 is 9.84 Å². The largest absolute Gasteiger partial charge is 0.497 e. The van der Waals surface area contributed by atoms with Gasteiger partial charge in [-0.2, -0.15) is 0 Å².